The number of nitrogens with one attached hydrogen (secondary N) is 2. The molecular weight excluding hydrogens is 236 g/mol. The lowest BCUT2D eigenvalue weighted by Gasteiger charge is -2.07. The number of aryl methyl sites for hydroxylation is 1. The predicted octanol–water partition coefficient (Wildman–Crippen LogP) is 2.38. The standard InChI is InChI=1S/C15H20N4/c1-13-5-9-19-15(10-13)18-8-3-7-17-12-14-4-2-6-16-11-14/h2,4-6,9-11,17H,3,7-8,12H2,1H3,(H,18,19). The summed E-state index contributed by atoms with van der Waals surface area (Å²) < 4.78 is 0. The zero-order valence-electron chi connectivity index (χ0n) is 11.3. The van der Waals surface area contributed by atoms with Crippen LogP contribution in [0, 0.1) is 6.92 Å². The maximum atomic E-state index is 4.27. The van der Waals surface area contributed by atoms with Gasteiger partial charge in [-0.3, -0.25) is 4.98 Å². The third-order valence-electron chi connectivity index (χ3n) is 2.80. The summed E-state index contributed by atoms with van der Waals surface area (Å²) in [5, 5.41) is 6.72. The largest absolute Gasteiger partial charge is 0.370 e. The normalized spacial score (nSPS) is 10.4. The van der Waals surface area contributed by atoms with Crippen molar-refractivity contribution in [1.82, 2.24) is 15.3 Å². The molecule has 0 aliphatic carbocycles. The van der Waals surface area contributed by atoms with Crippen LogP contribution in [0.4, 0.5) is 5.82 Å². The van der Waals surface area contributed by atoms with Crippen molar-refractivity contribution in [1.29, 1.82) is 0 Å². The lowest BCUT2D eigenvalue weighted by atomic mass is 10.3. The highest BCUT2D eigenvalue weighted by molar-refractivity contribution is 5.36. The fourth-order valence-corrected chi connectivity index (χ4v) is 1.80. The molecule has 0 saturated heterocycles. The number of hydrogen-bond donors (Lipinski definition) is 2. The average molecular weight is 256 g/mol. The third-order valence-corrected chi connectivity index (χ3v) is 2.80. The maximum Gasteiger partial charge on any atom is 0.126 e. The molecule has 100 valence electrons. The van der Waals surface area contributed by atoms with E-state index < -0.39 is 0 Å². The van der Waals surface area contributed by atoms with E-state index in [1.807, 2.05) is 24.5 Å². The number of nitrogens with zero attached hydrogens (tertiary/aromatic N) is 2. The summed E-state index contributed by atoms with van der Waals surface area (Å²) in [6.07, 6.45) is 6.58. The van der Waals surface area contributed by atoms with Crippen molar-refractivity contribution in [3.63, 3.8) is 0 Å². The van der Waals surface area contributed by atoms with E-state index >= 15 is 0 Å². The van der Waals surface area contributed by atoms with E-state index in [1.165, 1.54) is 11.1 Å². The molecule has 0 saturated carbocycles. The first-order chi connectivity index (χ1) is 9.34. The van der Waals surface area contributed by atoms with Crippen LogP contribution >= 0.6 is 0 Å². The molecule has 0 aliphatic rings. The van der Waals surface area contributed by atoms with Crippen LogP contribution in [0.1, 0.15) is 17.5 Å². The minimum atomic E-state index is 0.872. The molecule has 2 rings (SSSR count). The molecule has 4 nitrogen and oxygen atoms in total. The smallest absolute Gasteiger partial charge is 0.126 e. The minimum absolute atomic E-state index is 0.872. The molecule has 2 heterocycles. The first kappa shape index (κ1) is 13.5. The van der Waals surface area contributed by atoms with Crippen LogP contribution in [-0.4, -0.2) is 23.1 Å². The van der Waals surface area contributed by atoms with Gasteiger partial charge in [0.15, 0.2) is 0 Å². The van der Waals surface area contributed by atoms with E-state index in [4.69, 9.17) is 0 Å². The van der Waals surface area contributed by atoms with Crippen LogP contribution < -0.4 is 10.6 Å². The molecule has 0 atom stereocenters. The van der Waals surface area contributed by atoms with E-state index in [0.29, 0.717) is 0 Å². The Bertz CT molecular complexity index is 485. The number of aromatic nitrogens is 2. The zero-order valence-corrected chi connectivity index (χ0v) is 11.3. The predicted molar refractivity (Wildman–Crippen MR) is 78.0 cm³/mol. The van der Waals surface area contributed by atoms with Crippen molar-refractivity contribution in [3.8, 4) is 0 Å². The van der Waals surface area contributed by atoms with Gasteiger partial charge in [-0.2, -0.15) is 0 Å². The van der Waals surface area contributed by atoms with Crippen LogP contribution in [-0.2, 0) is 6.54 Å². The Labute approximate surface area is 114 Å². The monoisotopic (exact) mass is 256 g/mol. The van der Waals surface area contributed by atoms with E-state index in [2.05, 4.69) is 39.7 Å². The fourth-order valence-electron chi connectivity index (χ4n) is 1.80. The molecule has 0 spiro atoms. The SMILES string of the molecule is Cc1ccnc(NCCCNCc2cccnc2)c1. The van der Waals surface area contributed by atoms with Crippen LogP contribution in [0.5, 0.6) is 0 Å². The summed E-state index contributed by atoms with van der Waals surface area (Å²) in [7, 11) is 0. The summed E-state index contributed by atoms with van der Waals surface area (Å²) in [6.45, 7) is 4.85. The molecule has 19 heavy (non-hydrogen) atoms. The molecule has 0 radical (unpaired) electrons. The van der Waals surface area contributed by atoms with Gasteiger partial charge >= 0.3 is 0 Å². The van der Waals surface area contributed by atoms with Gasteiger partial charge in [-0.1, -0.05) is 6.07 Å². The van der Waals surface area contributed by atoms with Crippen LogP contribution in [0.3, 0.4) is 0 Å². The number of pyridine rings is 2. The van der Waals surface area contributed by atoms with Gasteiger partial charge in [0, 0.05) is 31.7 Å². The van der Waals surface area contributed by atoms with Gasteiger partial charge in [-0.05, 0) is 49.2 Å². The second kappa shape index (κ2) is 7.48. The van der Waals surface area contributed by atoms with Crippen LogP contribution in [0.15, 0.2) is 42.9 Å². The van der Waals surface area contributed by atoms with E-state index in [1.54, 1.807) is 6.20 Å². The molecule has 2 aromatic heterocycles. The van der Waals surface area contributed by atoms with Gasteiger partial charge in [0.25, 0.3) is 0 Å². The quantitative estimate of drug-likeness (QED) is 0.747. The Kier molecular flexibility index (Phi) is 5.31. The Morgan fingerprint density at radius 1 is 1.16 bits per heavy atom. The summed E-state index contributed by atoms with van der Waals surface area (Å²) in [5.74, 6) is 0.951. The van der Waals surface area contributed by atoms with Crippen LogP contribution in [0.25, 0.3) is 0 Å². The fraction of sp³-hybridized carbons (Fsp3) is 0.333. The molecule has 0 unspecified atom stereocenters. The summed E-state index contributed by atoms with van der Waals surface area (Å²) >= 11 is 0. The van der Waals surface area contributed by atoms with Crippen molar-refractivity contribution in [3.05, 3.63) is 54.0 Å². The molecule has 0 fully saturated rings. The van der Waals surface area contributed by atoms with Crippen molar-refractivity contribution < 1.29 is 0 Å². The van der Waals surface area contributed by atoms with Crippen molar-refractivity contribution in [2.24, 2.45) is 0 Å². The number of rotatable bonds is 7. The topological polar surface area (TPSA) is 49.8 Å². The van der Waals surface area contributed by atoms with Crippen molar-refractivity contribution in [2.45, 2.75) is 19.9 Å². The highest BCUT2D eigenvalue weighted by atomic mass is 15.0. The molecule has 0 aromatic carbocycles. The molecule has 2 aromatic rings. The Balaban J connectivity index is 1.58. The Hall–Kier alpha value is -1.94. The van der Waals surface area contributed by atoms with E-state index in [9.17, 15) is 0 Å². The molecule has 0 bridgehead atoms. The molecule has 4 heteroatoms. The van der Waals surface area contributed by atoms with Crippen LogP contribution in [0.2, 0.25) is 0 Å². The van der Waals surface area contributed by atoms with Gasteiger partial charge in [0.05, 0.1) is 0 Å². The van der Waals surface area contributed by atoms with E-state index in [0.717, 1.165) is 31.9 Å². The first-order valence-electron chi connectivity index (χ1n) is 6.61. The van der Waals surface area contributed by atoms with Crippen molar-refractivity contribution >= 4 is 5.82 Å². The van der Waals surface area contributed by atoms with E-state index in [-0.39, 0.29) is 0 Å². The highest BCUT2D eigenvalue weighted by Crippen LogP contribution is 2.04. The molecule has 2 N–H and O–H groups in total. The molecule has 0 aliphatic heterocycles. The van der Waals surface area contributed by atoms with Gasteiger partial charge in [-0.25, -0.2) is 4.98 Å². The number of anilines is 1. The summed E-state index contributed by atoms with van der Waals surface area (Å²) in [5.41, 5.74) is 2.45. The second-order valence-electron chi connectivity index (χ2n) is 4.54. The Morgan fingerprint density at radius 2 is 2.11 bits per heavy atom. The highest BCUT2D eigenvalue weighted by Gasteiger charge is 1.94. The second-order valence-corrected chi connectivity index (χ2v) is 4.54. The zero-order chi connectivity index (χ0) is 13.3. The summed E-state index contributed by atoms with van der Waals surface area (Å²) in [6, 6.07) is 8.10. The lowest BCUT2D eigenvalue weighted by molar-refractivity contribution is 0.661. The third kappa shape index (κ3) is 5.06. The molecular formula is C15H20N4. The van der Waals surface area contributed by atoms with Gasteiger partial charge in [-0.15, -0.1) is 0 Å². The molecule has 0 amide bonds. The first-order valence-corrected chi connectivity index (χ1v) is 6.61. The van der Waals surface area contributed by atoms with Crippen molar-refractivity contribution in [2.75, 3.05) is 18.4 Å². The van der Waals surface area contributed by atoms with Gasteiger partial charge in [0.1, 0.15) is 5.82 Å². The lowest BCUT2D eigenvalue weighted by Crippen LogP contribution is -2.17. The van der Waals surface area contributed by atoms with Gasteiger partial charge in [0.2, 0.25) is 0 Å². The minimum Gasteiger partial charge on any atom is -0.370 e. The maximum absolute atomic E-state index is 4.27. The Morgan fingerprint density at radius 3 is 2.89 bits per heavy atom. The van der Waals surface area contributed by atoms with Gasteiger partial charge < -0.3 is 10.6 Å². The summed E-state index contributed by atoms with van der Waals surface area (Å²) in [4.78, 5) is 8.35. The average Bonchev–Trinajstić information content (AvgIpc) is 2.44. The number of hydrogen-bond acceptors (Lipinski definition) is 4.